The van der Waals surface area contributed by atoms with Crippen LogP contribution in [0.25, 0.3) is 0 Å². The number of carboxylic acid groups (broad SMARTS) is 1. The van der Waals surface area contributed by atoms with Crippen LogP contribution in [0.4, 0.5) is 11.4 Å². The van der Waals surface area contributed by atoms with E-state index in [0.717, 1.165) is 16.8 Å². The zero-order valence-corrected chi connectivity index (χ0v) is 15.5. The fourth-order valence-corrected chi connectivity index (χ4v) is 3.70. The number of para-hydroxylation sites is 1. The molecule has 2 aromatic rings. The van der Waals surface area contributed by atoms with Crippen LogP contribution >= 0.6 is 11.8 Å². The molecule has 1 aliphatic rings. The van der Waals surface area contributed by atoms with Crippen molar-refractivity contribution in [2.75, 3.05) is 22.5 Å². The highest BCUT2D eigenvalue weighted by molar-refractivity contribution is 7.99. The Morgan fingerprint density at radius 3 is 2.74 bits per heavy atom. The van der Waals surface area contributed by atoms with Gasteiger partial charge in [-0.25, -0.2) is 0 Å². The van der Waals surface area contributed by atoms with Crippen molar-refractivity contribution in [1.29, 1.82) is 0 Å². The molecule has 27 heavy (non-hydrogen) atoms. The van der Waals surface area contributed by atoms with Crippen LogP contribution in [0, 0.1) is 0 Å². The first-order valence-corrected chi connectivity index (χ1v) is 9.75. The summed E-state index contributed by atoms with van der Waals surface area (Å²) < 4.78 is 0. The lowest BCUT2D eigenvalue weighted by molar-refractivity contribution is -0.134. The third-order valence-electron chi connectivity index (χ3n) is 4.20. The van der Waals surface area contributed by atoms with Crippen LogP contribution in [0.1, 0.15) is 17.5 Å². The van der Waals surface area contributed by atoms with Crippen LogP contribution in [0.15, 0.2) is 48.5 Å². The molecule has 2 aromatic carbocycles. The summed E-state index contributed by atoms with van der Waals surface area (Å²) in [6, 6.07) is 14.9. The zero-order valence-electron chi connectivity index (χ0n) is 14.7. The molecule has 1 heterocycles. The number of thioether (sulfide) groups is 1. The lowest BCUT2D eigenvalue weighted by Gasteiger charge is -2.28. The van der Waals surface area contributed by atoms with Crippen LogP contribution in [0.3, 0.4) is 0 Å². The molecule has 6 nitrogen and oxygen atoms in total. The number of anilines is 2. The van der Waals surface area contributed by atoms with Crippen LogP contribution in [-0.2, 0) is 26.6 Å². The molecule has 7 heteroatoms. The summed E-state index contributed by atoms with van der Waals surface area (Å²) in [5, 5.41) is 11.5. The zero-order chi connectivity index (χ0) is 19.2. The number of carboxylic acids is 1. The molecule has 0 radical (unpaired) electrons. The first kappa shape index (κ1) is 19.0. The molecule has 0 bridgehead atoms. The van der Waals surface area contributed by atoms with Gasteiger partial charge in [-0.1, -0.05) is 30.3 Å². The van der Waals surface area contributed by atoms with E-state index >= 15 is 0 Å². The maximum Gasteiger partial charge on any atom is 0.313 e. The van der Waals surface area contributed by atoms with Crippen molar-refractivity contribution < 1.29 is 19.5 Å². The van der Waals surface area contributed by atoms with Crippen molar-refractivity contribution in [3.63, 3.8) is 0 Å². The summed E-state index contributed by atoms with van der Waals surface area (Å²) in [5.74, 6) is -0.588. The predicted octanol–water partition coefficient (Wildman–Crippen LogP) is 2.92. The highest BCUT2D eigenvalue weighted by Crippen LogP contribution is 2.27. The second kappa shape index (κ2) is 8.73. The van der Waals surface area contributed by atoms with Gasteiger partial charge in [-0.2, -0.15) is 0 Å². The lowest BCUT2D eigenvalue weighted by Crippen LogP contribution is -2.40. The molecule has 0 aliphatic carbocycles. The van der Waals surface area contributed by atoms with Crippen molar-refractivity contribution in [3.8, 4) is 0 Å². The van der Waals surface area contributed by atoms with Gasteiger partial charge < -0.3 is 15.3 Å². The number of rotatable bonds is 7. The summed E-state index contributed by atoms with van der Waals surface area (Å²) in [7, 11) is 0. The summed E-state index contributed by atoms with van der Waals surface area (Å²) in [6.07, 6.45) is 1.10. The fourth-order valence-electron chi connectivity index (χ4n) is 3.01. The molecule has 2 amide bonds. The van der Waals surface area contributed by atoms with Gasteiger partial charge in [0.25, 0.3) is 0 Å². The van der Waals surface area contributed by atoms with Crippen molar-refractivity contribution in [2.24, 2.45) is 0 Å². The third-order valence-corrected chi connectivity index (χ3v) is 5.19. The Labute approximate surface area is 161 Å². The van der Waals surface area contributed by atoms with Crippen molar-refractivity contribution in [3.05, 3.63) is 59.7 Å². The highest BCUT2D eigenvalue weighted by Gasteiger charge is 2.25. The Morgan fingerprint density at radius 1 is 1.11 bits per heavy atom. The summed E-state index contributed by atoms with van der Waals surface area (Å²) in [6.45, 7) is -0.0339. The minimum atomic E-state index is -0.851. The number of nitrogens with one attached hydrogen (secondary N) is 1. The first-order valence-electron chi connectivity index (χ1n) is 8.59. The Balaban J connectivity index is 1.63. The number of hydrogen-bond acceptors (Lipinski definition) is 4. The summed E-state index contributed by atoms with van der Waals surface area (Å²) in [5.41, 5.74) is 3.43. The van der Waals surface area contributed by atoms with Crippen LogP contribution < -0.4 is 10.2 Å². The SMILES string of the molecule is O=C(O)CSCc1cccc(NC(=O)CN2C(=O)CCc3ccccc32)c1. The number of carbonyl (C=O) groups is 3. The van der Waals surface area contributed by atoms with E-state index in [2.05, 4.69) is 5.32 Å². The van der Waals surface area contributed by atoms with E-state index in [1.54, 1.807) is 6.07 Å². The van der Waals surface area contributed by atoms with Gasteiger partial charge in [0, 0.05) is 23.5 Å². The van der Waals surface area contributed by atoms with E-state index in [1.165, 1.54) is 16.7 Å². The predicted molar refractivity (Wildman–Crippen MR) is 106 cm³/mol. The standard InChI is InChI=1S/C20H20N2O4S/c23-18(11-22-17-7-2-1-5-15(17)8-9-19(22)24)21-16-6-3-4-14(10-16)12-27-13-20(25)26/h1-7,10H,8-9,11-13H2,(H,21,23)(H,25,26). The summed E-state index contributed by atoms with van der Waals surface area (Å²) in [4.78, 5) is 36.9. The average molecular weight is 384 g/mol. The van der Waals surface area contributed by atoms with Crippen molar-refractivity contribution >= 4 is 40.9 Å². The van der Waals surface area contributed by atoms with Gasteiger partial charge in [0.2, 0.25) is 11.8 Å². The molecule has 0 saturated heterocycles. The van der Waals surface area contributed by atoms with E-state index in [1.807, 2.05) is 42.5 Å². The van der Waals surface area contributed by atoms with Crippen LogP contribution in [0.5, 0.6) is 0 Å². The minimum absolute atomic E-state index is 0.0339. The van der Waals surface area contributed by atoms with E-state index in [9.17, 15) is 14.4 Å². The van der Waals surface area contributed by atoms with E-state index in [0.29, 0.717) is 24.3 Å². The van der Waals surface area contributed by atoms with Gasteiger partial charge >= 0.3 is 5.97 Å². The number of aliphatic carboxylic acids is 1. The largest absolute Gasteiger partial charge is 0.481 e. The normalized spacial score (nSPS) is 13.2. The molecule has 0 spiro atoms. The van der Waals surface area contributed by atoms with Gasteiger partial charge in [-0.3, -0.25) is 14.4 Å². The molecular formula is C20H20N2O4S. The average Bonchev–Trinajstić information content (AvgIpc) is 2.64. The maximum absolute atomic E-state index is 12.5. The molecule has 3 rings (SSSR count). The van der Waals surface area contributed by atoms with Crippen molar-refractivity contribution in [2.45, 2.75) is 18.6 Å². The molecule has 0 atom stereocenters. The number of benzene rings is 2. The Hall–Kier alpha value is -2.80. The second-order valence-corrected chi connectivity index (χ2v) is 7.23. The van der Waals surface area contributed by atoms with E-state index in [4.69, 9.17) is 5.11 Å². The molecule has 0 saturated carbocycles. The highest BCUT2D eigenvalue weighted by atomic mass is 32.2. The molecule has 0 aromatic heterocycles. The van der Waals surface area contributed by atoms with Gasteiger partial charge in [-0.05, 0) is 35.7 Å². The number of carbonyl (C=O) groups excluding carboxylic acids is 2. The van der Waals surface area contributed by atoms with Crippen molar-refractivity contribution in [1.82, 2.24) is 0 Å². The smallest absolute Gasteiger partial charge is 0.313 e. The Morgan fingerprint density at radius 2 is 1.93 bits per heavy atom. The molecule has 140 valence electrons. The monoisotopic (exact) mass is 384 g/mol. The lowest BCUT2D eigenvalue weighted by atomic mass is 10.0. The minimum Gasteiger partial charge on any atom is -0.481 e. The van der Waals surface area contributed by atoms with E-state index in [-0.39, 0.29) is 24.1 Å². The third kappa shape index (κ3) is 5.10. The topological polar surface area (TPSA) is 86.7 Å². The number of hydrogen-bond donors (Lipinski definition) is 2. The number of nitrogens with zero attached hydrogens (tertiary/aromatic N) is 1. The number of amides is 2. The van der Waals surface area contributed by atoms with Gasteiger partial charge in [0.05, 0.1) is 5.75 Å². The quantitative estimate of drug-likeness (QED) is 0.766. The van der Waals surface area contributed by atoms with Gasteiger partial charge in [0.15, 0.2) is 0 Å². The maximum atomic E-state index is 12.5. The van der Waals surface area contributed by atoms with Crippen LogP contribution in [-0.4, -0.2) is 35.2 Å². The van der Waals surface area contributed by atoms with Gasteiger partial charge in [0.1, 0.15) is 6.54 Å². The van der Waals surface area contributed by atoms with E-state index < -0.39 is 5.97 Å². The number of aryl methyl sites for hydroxylation is 1. The van der Waals surface area contributed by atoms with Gasteiger partial charge in [-0.15, -0.1) is 11.8 Å². The Bertz CT molecular complexity index is 869. The molecule has 0 fully saturated rings. The molecule has 0 unspecified atom stereocenters. The molecule has 1 aliphatic heterocycles. The van der Waals surface area contributed by atoms with Crippen LogP contribution in [0.2, 0.25) is 0 Å². The summed E-state index contributed by atoms with van der Waals surface area (Å²) >= 11 is 1.30. The Kier molecular flexibility index (Phi) is 6.13. The molecular weight excluding hydrogens is 364 g/mol. The second-order valence-electron chi connectivity index (χ2n) is 6.24. The fraction of sp³-hybridized carbons (Fsp3) is 0.250. The molecule has 2 N–H and O–H groups in total. The first-order chi connectivity index (χ1) is 13.0. The number of fused-ring (bicyclic) bond motifs is 1.